The molecule has 1 amide bonds. The maximum absolute atomic E-state index is 11.8. The minimum Gasteiger partial charge on any atom is -0.508 e. The minimum atomic E-state index is -0.144. The number of carbonyl (C=O) groups is 1. The van der Waals surface area contributed by atoms with Gasteiger partial charge in [-0.05, 0) is 31.2 Å². The third-order valence-corrected chi connectivity index (χ3v) is 2.92. The zero-order chi connectivity index (χ0) is 14.4. The molecular weight excluding hydrogens is 254 g/mol. The van der Waals surface area contributed by atoms with Crippen molar-refractivity contribution in [3.63, 3.8) is 0 Å². The van der Waals surface area contributed by atoms with Crippen molar-refractivity contribution in [3.05, 3.63) is 54.1 Å². The second kappa shape index (κ2) is 6.61. The van der Waals surface area contributed by atoms with Gasteiger partial charge in [-0.2, -0.15) is 0 Å². The van der Waals surface area contributed by atoms with Gasteiger partial charge >= 0.3 is 0 Å². The Kier molecular flexibility index (Phi) is 4.60. The molecule has 2 rings (SSSR count). The van der Waals surface area contributed by atoms with Crippen molar-refractivity contribution in [2.45, 2.75) is 13.3 Å². The Hall–Kier alpha value is -2.49. The molecular formula is C16H17NO3. The van der Waals surface area contributed by atoms with Crippen molar-refractivity contribution in [2.24, 2.45) is 0 Å². The van der Waals surface area contributed by atoms with Crippen LogP contribution in [0.25, 0.3) is 0 Å². The summed E-state index contributed by atoms with van der Waals surface area (Å²) in [6, 6.07) is 14.4. The van der Waals surface area contributed by atoms with Crippen LogP contribution in [0.3, 0.4) is 0 Å². The number of phenolic OH excluding ortho intramolecular Hbond substituents is 1. The topological polar surface area (TPSA) is 58.6 Å². The van der Waals surface area contributed by atoms with E-state index in [-0.39, 0.29) is 18.1 Å². The van der Waals surface area contributed by atoms with Crippen LogP contribution in [0.15, 0.2) is 48.5 Å². The van der Waals surface area contributed by atoms with Crippen LogP contribution >= 0.6 is 0 Å². The van der Waals surface area contributed by atoms with Crippen LogP contribution in [0.5, 0.6) is 11.5 Å². The number of ether oxygens (including phenoxy) is 1. The Bertz CT molecular complexity index is 582. The molecule has 0 heterocycles. The first-order valence-corrected chi connectivity index (χ1v) is 6.43. The average Bonchev–Trinajstić information content (AvgIpc) is 2.45. The number of aromatic hydroxyl groups is 1. The van der Waals surface area contributed by atoms with E-state index in [9.17, 15) is 9.90 Å². The van der Waals surface area contributed by atoms with Crippen LogP contribution in [0.1, 0.15) is 12.0 Å². The summed E-state index contributed by atoms with van der Waals surface area (Å²) < 4.78 is 5.46. The highest BCUT2D eigenvalue weighted by Crippen LogP contribution is 2.23. The summed E-state index contributed by atoms with van der Waals surface area (Å²) in [4.78, 5) is 11.8. The lowest BCUT2D eigenvalue weighted by Crippen LogP contribution is -2.15. The lowest BCUT2D eigenvalue weighted by Gasteiger charge is -2.10. The molecule has 0 aliphatic rings. The van der Waals surface area contributed by atoms with Gasteiger partial charge < -0.3 is 15.2 Å². The van der Waals surface area contributed by atoms with Gasteiger partial charge in [0.1, 0.15) is 11.5 Å². The molecule has 0 saturated carbocycles. The summed E-state index contributed by atoms with van der Waals surface area (Å²) in [5, 5.41) is 12.3. The largest absolute Gasteiger partial charge is 0.508 e. The normalized spacial score (nSPS) is 10.1. The monoisotopic (exact) mass is 271 g/mol. The fourth-order valence-electron chi connectivity index (χ4n) is 1.75. The van der Waals surface area contributed by atoms with E-state index in [1.165, 1.54) is 0 Å². The van der Waals surface area contributed by atoms with Gasteiger partial charge in [0.05, 0.1) is 13.0 Å². The molecule has 104 valence electrons. The fraction of sp³-hybridized carbons (Fsp3) is 0.188. The van der Waals surface area contributed by atoms with Crippen LogP contribution in [-0.2, 0) is 4.79 Å². The van der Waals surface area contributed by atoms with E-state index in [1.807, 2.05) is 30.3 Å². The Morgan fingerprint density at radius 2 is 1.90 bits per heavy atom. The maximum atomic E-state index is 11.8. The number of nitrogens with one attached hydrogen (secondary N) is 1. The van der Waals surface area contributed by atoms with Crippen LogP contribution in [-0.4, -0.2) is 17.6 Å². The third-order valence-electron chi connectivity index (χ3n) is 2.92. The van der Waals surface area contributed by atoms with Crippen molar-refractivity contribution in [2.75, 3.05) is 11.9 Å². The summed E-state index contributed by atoms with van der Waals surface area (Å²) in [7, 11) is 0. The van der Waals surface area contributed by atoms with Gasteiger partial charge in [-0.3, -0.25) is 4.79 Å². The van der Waals surface area contributed by atoms with Gasteiger partial charge in [-0.25, -0.2) is 0 Å². The molecule has 0 aliphatic heterocycles. The van der Waals surface area contributed by atoms with Gasteiger partial charge in [0.2, 0.25) is 5.91 Å². The molecule has 0 bridgehead atoms. The zero-order valence-corrected chi connectivity index (χ0v) is 11.3. The lowest BCUT2D eigenvalue weighted by molar-refractivity contribution is -0.116. The molecule has 0 aromatic heterocycles. The molecule has 0 atom stereocenters. The van der Waals surface area contributed by atoms with E-state index < -0.39 is 0 Å². The number of hydrogen-bond acceptors (Lipinski definition) is 3. The quantitative estimate of drug-likeness (QED) is 0.878. The number of amides is 1. The Morgan fingerprint density at radius 3 is 2.65 bits per heavy atom. The number of rotatable bonds is 5. The zero-order valence-electron chi connectivity index (χ0n) is 11.3. The number of phenols is 1. The lowest BCUT2D eigenvalue weighted by atomic mass is 10.2. The van der Waals surface area contributed by atoms with E-state index in [4.69, 9.17) is 4.74 Å². The first-order chi connectivity index (χ1) is 9.66. The van der Waals surface area contributed by atoms with E-state index in [0.717, 1.165) is 5.75 Å². The van der Waals surface area contributed by atoms with Crippen molar-refractivity contribution >= 4 is 11.6 Å². The van der Waals surface area contributed by atoms with Crippen molar-refractivity contribution in [3.8, 4) is 11.5 Å². The molecule has 4 nitrogen and oxygen atoms in total. The third kappa shape index (κ3) is 3.75. The second-order valence-corrected chi connectivity index (χ2v) is 4.41. The van der Waals surface area contributed by atoms with Crippen molar-refractivity contribution in [1.82, 2.24) is 0 Å². The van der Waals surface area contributed by atoms with Gasteiger partial charge in [-0.1, -0.05) is 24.3 Å². The highest BCUT2D eigenvalue weighted by atomic mass is 16.5. The fourth-order valence-corrected chi connectivity index (χ4v) is 1.75. The van der Waals surface area contributed by atoms with E-state index in [0.29, 0.717) is 17.9 Å². The highest BCUT2D eigenvalue weighted by Gasteiger charge is 2.07. The molecule has 0 spiro atoms. The van der Waals surface area contributed by atoms with Crippen LogP contribution < -0.4 is 10.1 Å². The summed E-state index contributed by atoms with van der Waals surface area (Å²) in [5.41, 5.74) is 1.28. The first-order valence-electron chi connectivity index (χ1n) is 6.43. The molecule has 4 heteroatoms. The summed E-state index contributed by atoms with van der Waals surface area (Å²) in [6.45, 7) is 2.07. The smallest absolute Gasteiger partial charge is 0.227 e. The Labute approximate surface area is 118 Å². The van der Waals surface area contributed by atoms with Gasteiger partial charge in [0, 0.05) is 11.3 Å². The van der Waals surface area contributed by atoms with Crippen LogP contribution in [0.4, 0.5) is 5.69 Å². The molecule has 0 radical (unpaired) electrons. The number of benzene rings is 2. The van der Waals surface area contributed by atoms with Gasteiger partial charge in [0.25, 0.3) is 0 Å². The molecule has 0 aliphatic carbocycles. The second-order valence-electron chi connectivity index (χ2n) is 4.41. The Morgan fingerprint density at radius 1 is 1.15 bits per heavy atom. The molecule has 0 fully saturated rings. The average molecular weight is 271 g/mol. The molecule has 2 aromatic carbocycles. The minimum absolute atomic E-state index is 0.144. The number of anilines is 1. The number of carbonyl (C=O) groups excluding carboxylic acids is 1. The number of hydrogen-bond donors (Lipinski definition) is 2. The van der Waals surface area contributed by atoms with E-state index in [2.05, 4.69) is 5.32 Å². The highest BCUT2D eigenvalue weighted by molar-refractivity contribution is 5.91. The molecule has 20 heavy (non-hydrogen) atoms. The van der Waals surface area contributed by atoms with E-state index in [1.54, 1.807) is 25.1 Å². The summed E-state index contributed by atoms with van der Waals surface area (Å²) in [5.74, 6) is 0.770. The van der Waals surface area contributed by atoms with Crippen LogP contribution in [0, 0.1) is 6.92 Å². The van der Waals surface area contributed by atoms with Crippen molar-refractivity contribution in [1.29, 1.82) is 0 Å². The first kappa shape index (κ1) is 13.9. The predicted octanol–water partition coefficient (Wildman–Crippen LogP) is 3.11. The number of para-hydroxylation sites is 1. The van der Waals surface area contributed by atoms with Crippen LogP contribution in [0.2, 0.25) is 0 Å². The van der Waals surface area contributed by atoms with Gasteiger partial charge in [0.15, 0.2) is 0 Å². The standard InChI is InChI=1S/C16H17NO3/c1-12-14(8-5-9-15(12)18)17-16(19)10-11-20-13-6-3-2-4-7-13/h2-9,18H,10-11H2,1H3,(H,17,19). The van der Waals surface area contributed by atoms with Gasteiger partial charge in [-0.15, -0.1) is 0 Å². The molecule has 0 saturated heterocycles. The summed E-state index contributed by atoms with van der Waals surface area (Å²) in [6.07, 6.45) is 0.254. The SMILES string of the molecule is Cc1c(O)cccc1NC(=O)CCOc1ccccc1. The molecule has 0 unspecified atom stereocenters. The Balaban J connectivity index is 1.82. The molecule has 2 N–H and O–H groups in total. The predicted molar refractivity (Wildman–Crippen MR) is 78.0 cm³/mol. The van der Waals surface area contributed by atoms with Crippen molar-refractivity contribution < 1.29 is 14.6 Å². The summed E-state index contributed by atoms with van der Waals surface area (Å²) >= 11 is 0. The van der Waals surface area contributed by atoms with E-state index >= 15 is 0 Å². The maximum Gasteiger partial charge on any atom is 0.227 e. The molecule has 2 aromatic rings.